The van der Waals surface area contributed by atoms with Crippen LogP contribution in [-0.2, 0) is 32.3 Å². The van der Waals surface area contributed by atoms with Gasteiger partial charge in [0.15, 0.2) is 23.0 Å². The molecule has 262 valence electrons. The number of carbonyl (C=O) groups excluding carboxylic acids is 1. The summed E-state index contributed by atoms with van der Waals surface area (Å²) in [4.78, 5) is 18.0. The number of aliphatic hydroxyl groups excluding tert-OH is 1. The Morgan fingerprint density at radius 1 is 0.860 bits per heavy atom. The van der Waals surface area contributed by atoms with Crippen molar-refractivity contribution in [3.05, 3.63) is 105 Å². The first-order valence-electron chi connectivity index (χ1n) is 17.6. The molecule has 9 nitrogen and oxygen atoms in total. The Morgan fingerprint density at radius 2 is 1.58 bits per heavy atom. The molecule has 0 unspecified atom stereocenters. The van der Waals surface area contributed by atoms with Gasteiger partial charge in [-0.25, -0.2) is 0 Å². The van der Waals surface area contributed by atoms with Gasteiger partial charge in [0.1, 0.15) is 11.5 Å². The van der Waals surface area contributed by atoms with Gasteiger partial charge in [-0.3, -0.25) is 14.6 Å². The first-order chi connectivity index (χ1) is 24.3. The maximum Gasteiger partial charge on any atom is 0.255 e. The van der Waals surface area contributed by atoms with Crippen molar-refractivity contribution in [2.45, 2.75) is 57.7 Å². The molecular weight excluding hydrogens is 630 g/mol. The summed E-state index contributed by atoms with van der Waals surface area (Å²) in [5.74, 6) is 3.48. The first-order valence-corrected chi connectivity index (χ1v) is 17.6. The molecule has 0 saturated heterocycles. The smallest absolute Gasteiger partial charge is 0.255 e. The van der Waals surface area contributed by atoms with Crippen molar-refractivity contribution in [1.29, 1.82) is 0 Å². The molecular formula is C41H47N3O6. The van der Waals surface area contributed by atoms with Crippen LogP contribution in [0.1, 0.15) is 74.7 Å². The number of hydrogen-bond donors (Lipinski definition) is 2. The van der Waals surface area contributed by atoms with Crippen LogP contribution >= 0.6 is 0 Å². The van der Waals surface area contributed by atoms with E-state index in [-0.39, 0.29) is 24.6 Å². The molecule has 0 spiro atoms. The number of ether oxygens (including phenoxy) is 4. The van der Waals surface area contributed by atoms with E-state index in [1.54, 1.807) is 14.2 Å². The van der Waals surface area contributed by atoms with Gasteiger partial charge < -0.3 is 29.4 Å². The van der Waals surface area contributed by atoms with Gasteiger partial charge in [-0.1, -0.05) is 25.1 Å². The fraction of sp³-hybridized carbons (Fsp3) is 0.390. The third-order valence-electron chi connectivity index (χ3n) is 10.5. The highest BCUT2D eigenvalue weighted by molar-refractivity contribution is 5.97. The van der Waals surface area contributed by atoms with Crippen LogP contribution in [-0.4, -0.2) is 68.8 Å². The third-order valence-corrected chi connectivity index (χ3v) is 10.5. The molecule has 2 N–H and O–H groups in total. The molecule has 9 heteroatoms. The Morgan fingerprint density at radius 3 is 2.30 bits per heavy atom. The second kappa shape index (κ2) is 14.3. The summed E-state index contributed by atoms with van der Waals surface area (Å²) in [6.07, 6.45) is 3.97. The van der Waals surface area contributed by atoms with E-state index in [4.69, 9.17) is 18.9 Å². The summed E-state index contributed by atoms with van der Waals surface area (Å²) in [5.41, 5.74) is 7.99. The average Bonchev–Trinajstić information content (AvgIpc) is 3.13. The number of fused-ring (bicyclic) bond motifs is 2. The Balaban J connectivity index is 1.43. The SMILES string of the molecule is CCCNC(=O)c1ccc2cc1Oc1ccc(cc1)C[C@H]1c3c(cc(CO)c(OC)c3Oc3cc4c(cc3OC)CCN(C)[C@@H]4C2)CCN1C. The van der Waals surface area contributed by atoms with E-state index in [9.17, 15) is 9.90 Å². The van der Waals surface area contributed by atoms with Crippen LogP contribution in [0.4, 0.5) is 0 Å². The number of carbonyl (C=O) groups is 1. The van der Waals surface area contributed by atoms with E-state index in [2.05, 4.69) is 59.5 Å². The highest BCUT2D eigenvalue weighted by atomic mass is 16.5. The van der Waals surface area contributed by atoms with E-state index >= 15 is 0 Å². The van der Waals surface area contributed by atoms with Gasteiger partial charge in [0, 0.05) is 42.8 Å². The molecule has 4 heterocycles. The Labute approximate surface area is 294 Å². The van der Waals surface area contributed by atoms with Gasteiger partial charge >= 0.3 is 0 Å². The molecule has 0 fully saturated rings. The zero-order valence-electron chi connectivity index (χ0n) is 29.7. The lowest BCUT2D eigenvalue weighted by molar-refractivity contribution is 0.0951. The number of benzene rings is 4. The maximum absolute atomic E-state index is 13.3. The lowest BCUT2D eigenvalue weighted by atomic mass is 9.86. The number of nitrogens with zero attached hydrogens (tertiary/aromatic N) is 2. The van der Waals surface area contributed by atoms with Crippen LogP contribution in [0.3, 0.4) is 0 Å². The number of methoxy groups -OCH3 is 2. The monoisotopic (exact) mass is 677 g/mol. The van der Waals surface area contributed by atoms with Crippen molar-refractivity contribution in [1.82, 2.24) is 15.1 Å². The molecule has 6 bridgehead atoms. The van der Waals surface area contributed by atoms with Gasteiger partial charge in [0.25, 0.3) is 5.91 Å². The van der Waals surface area contributed by atoms with Crippen molar-refractivity contribution in [2.75, 3.05) is 47.9 Å². The molecule has 2 atom stereocenters. The summed E-state index contributed by atoms with van der Waals surface area (Å²) >= 11 is 0. The predicted octanol–water partition coefficient (Wildman–Crippen LogP) is 6.78. The van der Waals surface area contributed by atoms with Crippen molar-refractivity contribution >= 4 is 5.91 Å². The maximum atomic E-state index is 13.3. The topological polar surface area (TPSA) is 92.7 Å². The largest absolute Gasteiger partial charge is 0.493 e. The molecule has 4 aliphatic heterocycles. The number of hydrogen-bond acceptors (Lipinski definition) is 8. The minimum atomic E-state index is -0.163. The van der Waals surface area contributed by atoms with Crippen molar-refractivity contribution < 1.29 is 28.8 Å². The minimum absolute atomic E-state index is 0.0194. The molecule has 0 saturated carbocycles. The first kappa shape index (κ1) is 33.9. The van der Waals surface area contributed by atoms with Gasteiger partial charge in [0.2, 0.25) is 0 Å². The lowest BCUT2D eigenvalue weighted by Gasteiger charge is -2.37. The summed E-state index contributed by atoms with van der Waals surface area (Å²) in [6.45, 7) is 4.23. The van der Waals surface area contributed by atoms with E-state index < -0.39 is 0 Å². The van der Waals surface area contributed by atoms with Crippen molar-refractivity contribution in [2.24, 2.45) is 0 Å². The average molecular weight is 678 g/mol. The number of amides is 1. The minimum Gasteiger partial charge on any atom is -0.493 e. The summed E-state index contributed by atoms with van der Waals surface area (Å²) in [6, 6.07) is 20.4. The quantitative estimate of drug-likeness (QED) is 0.231. The van der Waals surface area contributed by atoms with E-state index in [1.807, 2.05) is 37.3 Å². The Hall–Kier alpha value is -4.57. The number of likely N-dealkylation sites (N-methyl/N-ethyl adjacent to an activating group) is 2. The van der Waals surface area contributed by atoms with Gasteiger partial charge in [-0.2, -0.15) is 0 Å². The normalized spacial score (nSPS) is 18.6. The molecule has 4 aliphatic rings. The Kier molecular flexibility index (Phi) is 9.73. The van der Waals surface area contributed by atoms with Gasteiger partial charge in [0.05, 0.1) is 26.4 Å². The molecule has 1 amide bonds. The number of nitrogens with one attached hydrogen (secondary N) is 1. The zero-order valence-corrected chi connectivity index (χ0v) is 29.7. The fourth-order valence-electron chi connectivity index (χ4n) is 7.73. The predicted molar refractivity (Wildman–Crippen MR) is 193 cm³/mol. The Bertz CT molecular complexity index is 1890. The molecule has 4 aromatic rings. The fourth-order valence-corrected chi connectivity index (χ4v) is 7.73. The van der Waals surface area contributed by atoms with Gasteiger partial charge in [-0.05, 0) is 116 Å². The molecule has 50 heavy (non-hydrogen) atoms. The second-order valence-electron chi connectivity index (χ2n) is 13.7. The van der Waals surface area contributed by atoms with Crippen LogP contribution in [0.15, 0.2) is 60.7 Å². The van der Waals surface area contributed by atoms with Crippen LogP contribution < -0.4 is 24.3 Å². The highest BCUT2D eigenvalue weighted by Gasteiger charge is 2.34. The van der Waals surface area contributed by atoms with E-state index in [1.165, 1.54) is 5.56 Å². The van der Waals surface area contributed by atoms with E-state index in [0.717, 1.165) is 66.6 Å². The number of rotatable bonds is 6. The van der Waals surface area contributed by atoms with Crippen LogP contribution in [0, 0.1) is 0 Å². The summed E-state index contributed by atoms with van der Waals surface area (Å²) in [7, 11) is 7.61. The van der Waals surface area contributed by atoms with Crippen LogP contribution in [0.2, 0.25) is 0 Å². The highest BCUT2D eigenvalue weighted by Crippen LogP contribution is 2.49. The lowest BCUT2D eigenvalue weighted by Crippen LogP contribution is -2.34. The van der Waals surface area contributed by atoms with Crippen LogP contribution in [0.25, 0.3) is 0 Å². The summed E-state index contributed by atoms with van der Waals surface area (Å²) in [5, 5.41) is 13.5. The zero-order chi connectivity index (χ0) is 34.9. The van der Waals surface area contributed by atoms with Crippen molar-refractivity contribution in [3.8, 4) is 34.5 Å². The molecule has 0 aromatic heterocycles. The number of aliphatic hydroxyl groups is 1. The third kappa shape index (κ3) is 6.41. The molecule has 8 rings (SSSR count). The van der Waals surface area contributed by atoms with E-state index in [0.29, 0.717) is 58.6 Å². The molecule has 0 aliphatic carbocycles. The van der Waals surface area contributed by atoms with Crippen molar-refractivity contribution in [3.63, 3.8) is 0 Å². The molecule has 4 aromatic carbocycles. The molecule has 0 radical (unpaired) electrons. The standard InChI is InChI=1S/C41H47N3O6/c1-6-15-42-41(46)31-12-9-26-19-33-32-23-37(36(47-4)22-27(32)13-16-43(33)2)50-40-38-28(21-29(24-45)39(40)48-5)14-17-44(3)34(38)18-25-7-10-30(11-8-25)49-35(31)20-26/h7-12,20-23,33-34,45H,6,13-19,24H2,1-5H3,(H,42,46)/t33-,34+/m1/s1. The van der Waals surface area contributed by atoms with Gasteiger partial charge in [-0.15, -0.1) is 0 Å². The second-order valence-corrected chi connectivity index (χ2v) is 13.7. The summed E-state index contributed by atoms with van der Waals surface area (Å²) < 4.78 is 25.5. The van der Waals surface area contributed by atoms with Crippen LogP contribution in [0.5, 0.6) is 34.5 Å².